The number of para-hydroxylation sites is 2. The summed E-state index contributed by atoms with van der Waals surface area (Å²) in [5.41, 5.74) is 2.40. The molecule has 1 atom stereocenters. The van der Waals surface area contributed by atoms with Crippen molar-refractivity contribution < 1.29 is 9.53 Å². The second-order valence-corrected chi connectivity index (χ2v) is 7.02. The molecule has 0 saturated carbocycles. The van der Waals surface area contributed by atoms with Crippen LogP contribution in [-0.4, -0.2) is 50.3 Å². The van der Waals surface area contributed by atoms with Gasteiger partial charge in [-0.05, 0) is 37.5 Å². The van der Waals surface area contributed by atoms with Gasteiger partial charge in [-0.3, -0.25) is 0 Å². The van der Waals surface area contributed by atoms with E-state index in [4.69, 9.17) is 4.74 Å². The molecule has 5 nitrogen and oxygen atoms in total. The van der Waals surface area contributed by atoms with Crippen LogP contribution in [0, 0.1) is 0 Å². The Hall–Kier alpha value is -2.69. The minimum Gasteiger partial charge on any atom is -0.495 e. The van der Waals surface area contributed by atoms with Crippen LogP contribution >= 0.6 is 0 Å². The lowest BCUT2D eigenvalue weighted by Crippen LogP contribution is -2.53. The number of nitrogens with one attached hydrogen (secondary N) is 1. The van der Waals surface area contributed by atoms with E-state index in [0.717, 1.165) is 50.5 Å². The molecule has 1 heterocycles. The highest BCUT2D eigenvalue weighted by atomic mass is 16.5. The summed E-state index contributed by atoms with van der Waals surface area (Å²) in [6, 6.07) is 18.6. The van der Waals surface area contributed by atoms with Crippen molar-refractivity contribution in [2.24, 2.45) is 0 Å². The number of methoxy groups -OCH3 is 1. The van der Waals surface area contributed by atoms with Crippen LogP contribution in [0.15, 0.2) is 54.6 Å². The molecule has 1 unspecified atom stereocenters. The molecule has 0 radical (unpaired) electrons. The standard InChI is InChI=1S/C22H29N3O2/c1-18(12-13-19-8-4-3-5-9-19)23-22(26)25-16-14-24(15-17-25)20-10-6-7-11-21(20)27-2/h3-11,18H,12-17H2,1-2H3,(H,23,26). The Morgan fingerprint density at radius 3 is 2.41 bits per heavy atom. The highest BCUT2D eigenvalue weighted by Gasteiger charge is 2.23. The summed E-state index contributed by atoms with van der Waals surface area (Å²) in [6.07, 6.45) is 1.92. The number of hydrogen-bond acceptors (Lipinski definition) is 3. The Labute approximate surface area is 161 Å². The first-order valence-electron chi connectivity index (χ1n) is 9.64. The average molecular weight is 367 g/mol. The molecule has 1 aliphatic rings. The molecule has 1 aliphatic heterocycles. The van der Waals surface area contributed by atoms with Crippen LogP contribution in [0.25, 0.3) is 0 Å². The molecule has 2 amide bonds. The quantitative estimate of drug-likeness (QED) is 0.849. The maximum absolute atomic E-state index is 12.6. The second kappa shape index (κ2) is 9.31. The zero-order valence-corrected chi connectivity index (χ0v) is 16.2. The smallest absolute Gasteiger partial charge is 0.317 e. The molecule has 1 N–H and O–H groups in total. The van der Waals surface area contributed by atoms with E-state index >= 15 is 0 Å². The predicted octanol–water partition coefficient (Wildman–Crippen LogP) is 3.55. The number of rotatable bonds is 6. The van der Waals surface area contributed by atoms with E-state index < -0.39 is 0 Å². The third-order valence-electron chi connectivity index (χ3n) is 5.07. The van der Waals surface area contributed by atoms with Crippen molar-refractivity contribution in [3.63, 3.8) is 0 Å². The lowest BCUT2D eigenvalue weighted by atomic mass is 10.1. The Morgan fingerprint density at radius 1 is 1.04 bits per heavy atom. The van der Waals surface area contributed by atoms with E-state index in [9.17, 15) is 4.79 Å². The number of carbonyl (C=O) groups is 1. The summed E-state index contributed by atoms with van der Waals surface area (Å²) in [4.78, 5) is 16.7. The van der Waals surface area contributed by atoms with Crippen molar-refractivity contribution in [3.05, 3.63) is 60.2 Å². The van der Waals surface area contributed by atoms with Crippen LogP contribution in [0.1, 0.15) is 18.9 Å². The fourth-order valence-electron chi connectivity index (χ4n) is 3.44. The maximum atomic E-state index is 12.6. The Kier molecular flexibility index (Phi) is 6.58. The molecule has 0 aliphatic carbocycles. The van der Waals surface area contributed by atoms with Gasteiger partial charge >= 0.3 is 6.03 Å². The minimum atomic E-state index is 0.0373. The number of ether oxygens (including phenoxy) is 1. The molecule has 2 aromatic rings. The lowest BCUT2D eigenvalue weighted by molar-refractivity contribution is 0.190. The van der Waals surface area contributed by atoms with Crippen molar-refractivity contribution in [2.45, 2.75) is 25.8 Å². The topological polar surface area (TPSA) is 44.8 Å². The fourth-order valence-corrected chi connectivity index (χ4v) is 3.44. The number of carbonyl (C=O) groups excluding carboxylic acids is 1. The van der Waals surface area contributed by atoms with Gasteiger partial charge in [0.15, 0.2) is 0 Å². The van der Waals surface area contributed by atoms with Crippen molar-refractivity contribution >= 4 is 11.7 Å². The fraction of sp³-hybridized carbons (Fsp3) is 0.409. The minimum absolute atomic E-state index is 0.0373. The lowest BCUT2D eigenvalue weighted by Gasteiger charge is -2.37. The Morgan fingerprint density at radius 2 is 1.70 bits per heavy atom. The van der Waals surface area contributed by atoms with E-state index in [1.807, 2.05) is 29.2 Å². The number of benzene rings is 2. The van der Waals surface area contributed by atoms with Crippen LogP contribution in [0.5, 0.6) is 5.75 Å². The summed E-state index contributed by atoms with van der Waals surface area (Å²) in [7, 11) is 1.69. The van der Waals surface area contributed by atoms with Gasteiger partial charge in [0.1, 0.15) is 5.75 Å². The van der Waals surface area contributed by atoms with Crippen LogP contribution in [0.4, 0.5) is 10.5 Å². The van der Waals surface area contributed by atoms with Crippen molar-refractivity contribution in [2.75, 3.05) is 38.2 Å². The van der Waals surface area contributed by atoms with Crippen molar-refractivity contribution in [1.29, 1.82) is 0 Å². The number of nitrogens with zero attached hydrogens (tertiary/aromatic N) is 2. The number of amides is 2. The summed E-state index contributed by atoms with van der Waals surface area (Å²) in [5.74, 6) is 0.880. The normalized spacial score (nSPS) is 15.3. The molecule has 5 heteroatoms. The van der Waals surface area contributed by atoms with Gasteiger partial charge < -0.3 is 19.9 Å². The second-order valence-electron chi connectivity index (χ2n) is 7.02. The monoisotopic (exact) mass is 367 g/mol. The van der Waals surface area contributed by atoms with Crippen molar-refractivity contribution in [3.8, 4) is 5.75 Å². The summed E-state index contributed by atoms with van der Waals surface area (Å²) in [6.45, 7) is 5.13. The number of hydrogen-bond donors (Lipinski definition) is 1. The van der Waals surface area contributed by atoms with Crippen LogP contribution in [0.3, 0.4) is 0 Å². The first-order chi connectivity index (χ1) is 13.2. The van der Waals surface area contributed by atoms with Gasteiger partial charge in [-0.2, -0.15) is 0 Å². The van der Waals surface area contributed by atoms with Crippen molar-refractivity contribution in [1.82, 2.24) is 10.2 Å². The van der Waals surface area contributed by atoms with Gasteiger partial charge in [-0.25, -0.2) is 4.79 Å². The van der Waals surface area contributed by atoms with Crippen LogP contribution in [0.2, 0.25) is 0 Å². The molecule has 2 aromatic carbocycles. The molecule has 144 valence electrons. The summed E-state index contributed by atoms with van der Waals surface area (Å²) < 4.78 is 5.45. The maximum Gasteiger partial charge on any atom is 0.317 e. The van der Waals surface area contributed by atoms with Gasteiger partial charge in [0, 0.05) is 32.2 Å². The zero-order valence-electron chi connectivity index (χ0n) is 16.2. The predicted molar refractivity (Wildman–Crippen MR) is 110 cm³/mol. The molecule has 0 bridgehead atoms. The van der Waals surface area contributed by atoms with E-state index in [0.29, 0.717) is 0 Å². The number of aryl methyl sites for hydroxylation is 1. The Balaban J connectivity index is 1.45. The largest absolute Gasteiger partial charge is 0.495 e. The van der Waals surface area contributed by atoms with E-state index in [-0.39, 0.29) is 12.1 Å². The van der Waals surface area contributed by atoms with Gasteiger partial charge in [0.2, 0.25) is 0 Å². The molecule has 0 aromatic heterocycles. The number of urea groups is 1. The van der Waals surface area contributed by atoms with Gasteiger partial charge in [-0.15, -0.1) is 0 Å². The number of piperazine rings is 1. The number of anilines is 1. The molecule has 27 heavy (non-hydrogen) atoms. The van der Waals surface area contributed by atoms with Gasteiger partial charge in [-0.1, -0.05) is 42.5 Å². The molecular formula is C22H29N3O2. The molecular weight excluding hydrogens is 338 g/mol. The highest BCUT2D eigenvalue weighted by Crippen LogP contribution is 2.28. The van der Waals surface area contributed by atoms with Gasteiger partial charge in [0.25, 0.3) is 0 Å². The van der Waals surface area contributed by atoms with E-state index in [1.54, 1.807) is 7.11 Å². The highest BCUT2D eigenvalue weighted by molar-refractivity contribution is 5.75. The first-order valence-corrected chi connectivity index (χ1v) is 9.64. The Bertz CT molecular complexity index is 727. The van der Waals surface area contributed by atoms with E-state index in [1.165, 1.54) is 5.56 Å². The zero-order chi connectivity index (χ0) is 19.1. The third-order valence-corrected chi connectivity index (χ3v) is 5.07. The van der Waals surface area contributed by atoms with E-state index in [2.05, 4.69) is 47.5 Å². The average Bonchev–Trinajstić information content (AvgIpc) is 2.73. The van der Waals surface area contributed by atoms with Crippen LogP contribution < -0.4 is 15.0 Å². The SMILES string of the molecule is COc1ccccc1N1CCN(C(=O)NC(C)CCc2ccccc2)CC1. The molecule has 1 fully saturated rings. The molecule has 3 rings (SSSR count). The van der Waals surface area contributed by atoms with Gasteiger partial charge in [0.05, 0.1) is 12.8 Å². The molecule has 1 saturated heterocycles. The first kappa shape index (κ1) is 19.1. The third kappa shape index (κ3) is 5.16. The molecule has 0 spiro atoms. The van der Waals surface area contributed by atoms with Crippen LogP contribution in [-0.2, 0) is 6.42 Å². The summed E-state index contributed by atoms with van der Waals surface area (Å²) >= 11 is 0. The summed E-state index contributed by atoms with van der Waals surface area (Å²) in [5, 5.41) is 3.14.